The maximum atomic E-state index is 13.8. The molecule has 6 aliphatic rings. The van der Waals surface area contributed by atoms with E-state index in [4.69, 9.17) is 99.5 Å². The van der Waals surface area contributed by atoms with E-state index < -0.39 is 126 Å². The molecule has 3 aromatic heterocycles. The van der Waals surface area contributed by atoms with Crippen molar-refractivity contribution in [2.75, 3.05) is 205 Å². The monoisotopic (exact) mass is 1670 g/mol. The van der Waals surface area contributed by atoms with E-state index in [9.17, 15) is 59.7 Å². The zero-order chi connectivity index (χ0) is 82.6. The average Bonchev–Trinajstić information content (AvgIpc) is 1.60. The van der Waals surface area contributed by atoms with E-state index >= 15 is 0 Å². The number of nitrogens with zero attached hydrogens (tertiary/aromatic N) is 9. The Labute approximate surface area is 667 Å². The zero-order valence-corrected chi connectivity index (χ0v) is 65.5. The molecule has 12 N–H and O–H groups in total. The van der Waals surface area contributed by atoms with Gasteiger partial charge in [-0.3, -0.25) is 19.2 Å². The molecule has 0 saturated carbocycles. The van der Waals surface area contributed by atoms with Crippen LogP contribution in [0.1, 0.15) is 50.7 Å². The van der Waals surface area contributed by atoms with Gasteiger partial charge in [-0.05, 0) is 6.42 Å². The molecule has 9 rings (SSSR count). The Morgan fingerprint density at radius 1 is 0.422 bits per heavy atom. The normalized spacial score (nSPS) is 26.7. The number of rotatable bonds is 62. The number of aliphatic hydroxyl groups is 6. The Hall–Kier alpha value is -6.51. The minimum absolute atomic E-state index is 0.0169. The summed E-state index contributed by atoms with van der Waals surface area (Å²) in [6.45, 7) is 9.55. The number of carbonyl (C=O) groups excluding carboxylic acids is 4. The lowest BCUT2D eigenvalue weighted by molar-refractivity contribution is -0.238. The molecular formula is C69H114N14O33. The molecule has 6 saturated heterocycles. The highest BCUT2D eigenvalue weighted by atomic mass is 16.8. The average molecular weight is 1670 g/mol. The molecule has 0 unspecified atom stereocenters. The second-order valence-electron chi connectivity index (χ2n) is 28.3. The minimum Gasteiger partial charge on any atom is -0.465 e. The first-order chi connectivity index (χ1) is 56.1. The summed E-state index contributed by atoms with van der Waals surface area (Å²) < 4.78 is 126. The topological polar surface area (TPSA) is 573 Å². The quantitative estimate of drug-likeness (QED) is 0.0234. The van der Waals surface area contributed by atoms with Gasteiger partial charge in [0.2, 0.25) is 23.6 Å². The molecule has 6 bridgehead atoms. The van der Waals surface area contributed by atoms with E-state index in [1.165, 1.54) is 20.8 Å². The van der Waals surface area contributed by atoms with Crippen molar-refractivity contribution in [3.63, 3.8) is 0 Å². The summed E-state index contributed by atoms with van der Waals surface area (Å²) in [5.41, 5.74) is -3.82. The highest BCUT2D eigenvalue weighted by molar-refractivity contribution is 5.77. The zero-order valence-electron chi connectivity index (χ0n) is 65.5. The molecule has 0 aliphatic carbocycles. The van der Waals surface area contributed by atoms with E-state index in [-0.39, 0.29) is 198 Å². The first-order valence-corrected chi connectivity index (χ1v) is 38.5. The van der Waals surface area contributed by atoms with Crippen molar-refractivity contribution in [3.8, 4) is 0 Å². The molecule has 47 nitrogen and oxygen atoms in total. The summed E-state index contributed by atoms with van der Waals surface area (Å²) in [5.74, 6) is -1.63. The van der Waals surface area contributed by atoms with E-state index in [1.54, 1.807) is 32.6 Å². The van der Waals surface area contributed by atoms with Crippen LogP contribution < -0.4 is 26.6 Å². The van der Waals surface area contributed by atoms with Crippen LogP contribution in [0, 0.1) is 0 Å². The second kappa shape index (κ2) is 48.7. The van der Waals surface area contributed by atoms with Gasteiger partial charge in [0.25, 0.3) is 0 Å². The lowest BCUT2D eigenvalue weighted by atomic mass is 9.88. The third kappa shape index (κ3) is 29.4. The summed E-state index contributed by atoms with van der Waals surface area (Å²) in [6.07, 6.45) is -6.77. The van der Waals surface area contributed by atoms with E-state index in [0.29, 0.717) is 76.4 Å². The molecule has 6 fully saturated rings. The van der Waals surface area contributed by atoms with E-state index in [1.807, 2.05) is 0 Å². The number of ether oxygens (including phenoxy) is 21. The molecule has 0 aromatic carbocycles. The maximum Gasteiger partial charge on any atom is 0.404 e. The number of carboxylic acid groups (broad SMARTS) is 1. The number of aromatic nitrogens is 9. The van der Waals surface area contributed by atoms with Gasteiger partial charge < -0.3 is 162 Å². The van der Waals surface area contributed by atoms with Crippen LogP contribution in [0.3, 0.4) is 0 Å². The minimum atomic E-state index is -1.37. The van der Waals surface area contributed by atoms with Crippen LogP contribution in [0.2, 0.25) is 0 Å². The van der Waals surface area contributed by atoms with E-state index in [2.05, 4.69) is 57.5 Å². The SMILES string of the molecule is CC(=O)N[C@H]1[C@H]2OC[C@](COCCOCCOCCOCCn3cc(COCC(COCc4cn(CCOCCOCCOCCOC[C@@]56CO[C@@H](O5)[C@H](NC(C)=O)[C@@H](O)[C@H]6O)nn4)(COCc4cn(CCOCCOCCOCCOC[C@@]56CO[C@@H](O5)[C@H](NC(C)=O)[C@@H](O)[C@H]6O)nn4)NC(=O)CCCNC(=O)O)nn3)(O2)[C@H](O)[C@@H]1O. The molecule has 9 heterocycles. The largest absolute Gasteiger partial charge is 0.465 e. The summed E-state index contributed by atoms with van der Waals surface area (Å²) in [7, 11) is 0. The fourth-order valence-corrected chi connectivity index (χ4v) is 13.0. The highest BCUT2D eigenvalue weighted by Crippen LogP contribution is 2.40. The fraction of sp³-hybridized carbons (Fsp3) is 0.841. The van der Waals surface area contributed by atoms with Crippen molar-refractivity contribution in [3.05, 3.63) is 35.7 Å². The molecule has 116 heavy (non-hydrogen) atoms. The summed E-state index contributed by atoms with van der Waals surface area (Å²) in [6, 6.07) is -2.74. The fourth-order valence-electron chi connectivity index (χ4n) is 13.0. The van der Waals surface area contributed by atoms with Gasteiger partial charge in [-0.15, -0.1) is 15.3 Å². The number of amides is 5. The Morgan fingerprint density at radius 2 is 0.698 bits per heavy atom. The van der Waals surface area contributed by atoms with Gasteiger partial charge in [0.15, 0.2) is 18.9 Å². The van der Waals surface area contributed by atoms with Gasteiger partial charge in [0, 0.05) is 33.7 Å². The molecule has 3 aromatic rings. The number of hydrogen-bond donors (Lipinski definition) is 12. The van der Waals surface area contributed by atoms with Crippen LogP contribution in [0.5, 0.6) is 0 Å². The number of nitrogens with one attached hydrogen (secondary N) is 5. The third-order valence-corrected chi connectivity index (χ3v) is 18.9. The van der Waals surface area contributed by atoms with Gasteiger partial charge in [-0.25, -0.2) is 18.8 Å². The van der Waals surface area contributed by atoms with Gasteiger partial charge in [-0.1, -0.05) is 15.6 Å². The molecular weight excluding hydrogens is 1550 g/mol. The van der Waals surface area contributed by atoms with Crippen molar-refractivity contribution in [2.24, 2.45) is 0 Å². The number of carbonyl (C=O) groups is 5. The van der Waals surface area contributed by atoms with E-state index in [0.717, 1.165) is 0 Å². The third-order valence-electron chi connectivity index (χ3n) is 18.9. The first kappa shape index (κ1) is 93.4. The summed E-state index contributed by atoms with van der Waals surface area (Å²) in [4.78, 5) is 59.7. The Bertz CT molecular complexity index is 3070. The number of hydrogen-bond acceptors (Lipinski definition) is 38. The van der Waals surface area contributed by atoms with Crippen LogP contribution >= 0.6 is 0 Å². The van der Waals surface area contributed by atoms with Gasteiger partial charge in [-0.2, -0.15) is 0 Å². The lowest BCUT2D eigenvalue weighted by Gasteiger charge is -2.42. The highest BCUT2D eigenvalue weighted by Gasteiger charge is 2.62. The van der Waals surface area contributed by atoms with Gasteiger partial charge in [0.1, 0.15) is 94.2 Å². The van der Waals surface area contributed by atoms with Crippen LogP contribution in [0.15, 0.2) is 18.6 Å². The second-order valence-corrected chi connectivity index (χ2v) is 28.3. The van der Waals surface area contributed by atoms with Gasteiger partial charge in [0.05, 0.1) is 256 Å². The van der Waals surface area contributed by atoms with Crippen molar-refractivity contribution in [2.45, 2.75) is 169 Å². The number of aliphatic hydroxyl groups excluding tert-OH is 6. The van der Waals surface area contributed by atoms with Crippen LogP contribution in [-0.4, -0.2) is 411 Å². The molecule has 15 atom stereocenters. The summed E-state index contributed by atoms with van der Waals surface area (Å²) in [5, 5.41) is 112. The van der Waals surface area contributed by atoms with Crippen molar-refractivity contribution in [1.29, 1.82) is 0 Å². The van der Waals surface area contributed by atoms with Crippen molar-refractivity contribution >= 4 is 29.7 Å². The molecule has 658 valence electrons. The maximum absolute atomic E-state index is 13.8. The Balaban J connectivity index is 0.669. The summed E-state index contributed by atoms with van der Waals surface area (Å²) >= 11 is 0. The Morgan fingerprint density at radius 3 is 0.974 bits per heavy atom. The predicted octanol–water partition coefficient (Wildman–Crippen LogP) is -7.43. The molecule has 6 aliphatic heterocycles. The van der Waals surface area contributed by atoms with Crippen molar-refractivity contribution < 1.29 is 159 Å². The predicted molar refractivity (Wildman–Crippen MR) is 385 cm³/mol. The van der Waals surface area contributed by atoms with Gasteiger partial charge >= 0.3 is 6.09 Å². The lowest BCUT2D eigenvalue weighted by Crippen LogP contribution is -2.66. The molecule has 0 spiro atoms. The molecule has 5 amide bonds. The molecule has 0 radical (unpaired) electrons. The molecule has 47 heteroatoms. The van der Waals surface area contributed by atoms with Crippen LogP contribution in [-0.2, 0) is 158 Å². The smallest absolute Gasteiger partial charge is 0.404 e. The first-order valence-electron chi connectivity index (χ1n) is 38.5. The Kier molecular flexibility index (Phi) is 39.2. The number of fused-ring (bicyclic) bond motifs is 6. The van der Waals surface area contributed by atoms with Crippen LogP contribution in [0.25, 0.3) is 0 Å². The standard InChI is InChI=1S/C69H114N14O33/c1-46(84)71-53-56(88)59(91)67(43-111-62(53)114-67)40-105-28-25-102-22-19-99-16-13-96-10-7-81-31-49(75-78-81)34-108-37-66(74-52(87)5-4-6-70-65(94)95,38-109-35-50-32-82(79-76-50)8-11-97-14-17-100-20-23-103-26-29-106-41-68-44-112-63(115-68)54(72-47(2)85)57(89)60(68)92)39-110-36-51-33-83(80-77-51)9-12-98-15-18-101-21-24-104-27-30-107-42-69-45-113-64(116-69)55(73-48(3)86)58(90)61(69)93/h31-33,53-64,70,88-93H,4-30,34-45H2,1-3H3,(H,71,84)(H,72,85)(H,73,86)(H,74,87)(H,94,95)/t53-,54-,55-,56-,57-,58-,59-,60-,61-,62+,63+,64+,67+,68+,69+/m1/s1. The van der Waals surface area contributed by atoms with Crippen LogP contribution in [0.4, 0.5) is 4.79 Å². The van der Waals surface area contributed by atoms with Crippen molar-refractivity contribution in [1.82, 2.24) is 71.6 Å².